The molecule has 0 radical (unpaired) electrons. The average Bonchev–Trinajstić information content (AvgIpc) is 2.83. The fraction of sp³-hybridized carbons (Fsp3) is 0.667. The van der Waals surface area contributed by atoms with Crippen LogP contribution in [0.3, 0.4) is 0 Å². The lowest BCUT2D eigenvalue weighted by molar-refractivity contribution is -0.132. The van der Waals surface area contributed by atoms with Gasteiger partial charge in [0.15, 0.2) is 0 Å². The van der Waals surface area contributed by atoms with Crippen LogP contribution in [0.25, 0.3) is 0 Å². The van der Waals surface area contributed by atoms with Gasteiger partial charge in [0.1, 0.15) is 0 Å². The first-order valence-electron chi connectivity index (χ1n) is 7.63. The Bertz CT molecular complexity index is 536. The minimum atomic E-state index is -0.287. The summed E-state index contributed by atoms with van der Waals surface area (Å²) in [5, 5.41) is 1.04. The lowest BCUT2D eigenvalue weighted by Crippen LogP contribution is -2.50. The highest BCUT2D eigenvalue weighted by atomic mass is 32.1. The van der Waals surface area contributed by atoms with Crippen molar-refractivity contribution < 1.29 is 14.3 Å². The quantitative estimate of drug-likeness (QED) is 0.849. The van der Waals surface area contributed by atoms with E-state index in [2.05, 4.69) is 4.98 Å². The Morgan fingerprint density at radius 3 is 2.36 bits per heavy atom. The normalized spacial score (nSPS) is 15.0. The third kappa shape index (κ3) is 4.19. The van der Waals surface area contributed by atoms with Crippen molar-refractivity contribution in [1.82, 2.24) is 14.8 Å². The van der Waals surface area contributed by atoms with Crippen molar-refractivity contribution in [2.24, 2.45) is 0 Å². The number of hydrogen-bond donors (Lipinski definition) is 0. The van der Waals surface area contributed by atoms with Crippen LogP contribution in [-0.4, -0.2) is 59.6 Å². The van der Waals surface area contributed by atoms with Gasteiger partial charge >= 0.3 is 6.09 Å². The Hall–Kier alpha value is -1.63. The molecular formula is C15H23N3O3S. The van der Waals surface area contributed by atoms with Crippen LogP contribution in [0.2, 0.25) is 0 Å². The molecule has 1 fully saturated rings. The van der Waals surface area contributed by atoms with E-state index in [0.717, 1.165) is 17.1 Å². The Balaban J connectivity index is 1.78. The van der Waals surface area contributed by atoms with Gasteiger partial charge in [-0.15, -0.1) is 11.3 Å². The van der Waals surface area contributed by atoms with Gasteiger partial charge in [0.2, 0.25) is 5.91 Å². The number of ether oxygens (including phenoxy) is 1. The fourth-order valence-electron chi connectivity index (χ4n) is 2.54. The molecule has 0 saturated carbocycles. The third-order valence-electron chi connectivity index (χ3n) is 3.72. The van der Waals surface area contributed by atoms with Gasteiger partial charge in [-0.3, -0.25) is 4.79 Å². The van der Waals surface area contributed by atoms with Crippen molar-refractivity contribution in [2.75, 3.05) is 32.8 Å². The molecular weight excluding hydrogens is 302 g/mol. The monoisotopic (exact) mass is 325 g/mol. The molecule has 2 heterocycles. The molecule has 0 N–H and O–H groups in total. The Kier molecular flexibility index (Phi) is 5.76. The Morgan fingerprint density at radius 1 is 1.18 bits per heavy atom. The Labute approximate surface area is 135 Å². The van der Waals surface area contributed by atoms with E-state index in [1.807, 2.05) is 18.7 Å². The van der Waals surface area contributed by atoms with Gasteiger partial charge in [0, 0.05) is 37.5 Å². The SMILES string of the molecule is CCOC(=O)N1CCN(C(=O)CCc2sc(C)nc2C)CC1. The Morgan fingerprint density at radius 2 is 1.82 bits per heavy atom. The number of hydrogen-bond acceptors (Lipinski definition) is 5. The first-order valence-corrected chi connectivity index (χ1v) is 8.45. The third-order valence-corrected chi connectivity index (χ3v) is 4.86. The molecule has 0 aliphatic carbocycles. The summed E-state index contributed by atoms with van der Waals surface area (Å²) in [6.07, 6.45) is 0.959. The minimum absolute atomic E-state index is 0.147. The maximum absolute atomic E-state index is 12.3. The van der Waals surface area contributed by atoms with Crippen LogP contribution in [0, 0.1) is 13.8 Å². The highest BCUT2D eigenvalue weighted by Gasteiger charge is 2.24. The van der Waals surface area contributed by atoms with Gasteiger partial charge in [-0.2, -0.15) is 0 Å². The molecule has 7 heteroatoms. The molecule has 0 atom stereocenters. The number of carbonyl (C=O) groups is 2. The number of amides is 2. The molecule has 1 aromatic rings. The van der Waals surface area contributed by atoms with Gasteiger partial charge in [0.05, 0.1) is 17.3 Å². The van der Waals surface area contributed by atoms with Crippen LogP contribution < -0.4 is 0 Å². The lowest BCUT2D eigenvalue weighted by Gasteiger charge is -2.34. The van der Waals surface area contributed by atoms with E-state index in [0.29, 0.717) is 39.2 Å². The zero-order valence-corrected chi connectivity index (χ0v) is 14.2. The van der Waals surface area contributed by atoms with Crippen molar-refractivity contribution in [1.29, 1.82) is 0 Å². The zero-order chi connectivity index (χ0) is 16.1. The molecule has 22 heavy (non-hydrogen) atoms. The molecule has 2 rings (SSSR count). The molecule has 0 spiro atoms. The summed E-state index contributed by atoms with van der Waals surface area (Å²) < 4.78 is 4.98. The van der Waals surface area contributed by atoms with Crippen LogP contribution in [-0.2, 0) is 16.0 Å². The van der Waals surface area contributed by atoms with Crippen LogP contribution >= 0.6 is 11.3 Å². The summed E-state index contributed by atoms with van der Waals surface area (Å²) in [5.74, 6) is 0.147. The standard InChI is InChI=1S/C15H23N3O3S/c1-4-21-15(20)18-9-7-17(8-10-18)14(19)6-5-13-11(2)16-12(3)22-13/h4-10H2,1-3H3. The van der Waals surface area contributed by atoms with E-state index >= 15 is 0 Å². The van der Waals surface area contributed by atoms with Gasteiger partial charge in [0.25, 0.3) is 0 Å². The molecule has 1 aliphatic rings. The summed E-state index contributed by atoms with van der Waals surface area (Å²) in [4.78, 5) is 33.0. The molecule has 0 bridgehead atoms. The maximum atomic E-state index is 12.3. The van der Waals surface area contributed by atoms with Crippen molar-refractivity contribution >= 4 is 23.3 Å². The summed E-state index contributed by atoms with van der Waals surface area (Å²) in [7, 11) is 0. The lowest BCUT2D eigenvalue weighted by atomic mass is 10.2. The highest BCUT2D eigenvalue weighted by Crippen LogP contribution is 2.19. The van der Waals surface area contributed by atoms with Crippen LogP contribution in [0.1, 0.15) is 28.9 Å². The number of piperazine rings is 1. The number of nitrogens with zero attached hydrogens (tertiary/aromatic N) is 3. The second kappa shape index (κ2) is 7.58. The van der Waals surface area contributed by atoms with E-state index in [1.54, 1.807) is 23.2 Å². The predicted octanol–water partition coefficient (Wildman–Crippen LogP) is 1.99. The second-order valence-corrected chi connectivity index (χ2v) is 6.60. The van der Waals surface area contributed by atoms with Crippen molar-refractivity contribution in [2.45, 2.75) is 33.6 Å². The summed E-state index contributed by atoms with van der Waals surface area (Å²) in [6.45, 7) is 8.40. The topological polar surface area (TPSA) is 62.7 Å². The molecule has 2 amide bonds. The summed E-state index contributed by atoms with van der Waals surface area (Å²) in [6, 6.07) is 0. The van der Waals surface area contributed by atoms with Crippen molar-refractivity contribution in [3.63, 3.8) is 0 Å². The van der Waals surface area contributed by atoms with Crippen molar-refractivity contribution in [3.05, 3.63) is 15.6 Å². The van der Waals surface area contributed by atoms with Crippen LogP contribution in [0.5, 0.6) is 0 Å². The molecule has 122 valence electrons. The van der Waals surface area contributed by atoms with Crippen LogP contribution in [0.15, 0.2) is 0 Å². The highest BCUT2D eigenvalue weighted by molar-refractivity contribution is 7.11. The van der Waals surface area contributed by atoms with Crippen molar-refractivity contribution in [3.8, 4) is 0 Å². The van der Waals surface area contributed by atoms with Gasteiger partial charge < -0.3 is 14.5 Å². The van der Waals surface area contributed by atoms with E-state index in [-0.39, 0.29) is 12.0 Å². The van der Waals surface area contributed by atoms with Gasteiger partial charge in [-0.25, -0.2) is 9.78 Å². The zero-order valence-electron chi connectivity index (χ0n) is 13.4. The number of thiazole rings is 1. The first kappa shape index (κ1) is 16.7. The van der Waals surface area contributed by atoms with E-state index < -0.39 is 0 Å². The maximum Gasteiger partial charge on any atom is 0.409 e. The fourth-order valence-corrected chi connectivity index (χ4v) is 3.47. The van der Waals surface area contributed by atoms with Gasteiger partial charge in [-0.1, -0.05) is 0 Å². The second-order valence-electron chi connectivity index (χ2n) is 5.31. The molecule has 1 aromatic heterocycles. The molecule has 0 aromatic carbocycles. The average molecular weight is 325 g/mol. The smallest absolute Gasteiger partial charge is 0.409 e. The minimum Gasteiger partial charge on any atom is -0.450 e. The number of aryl methyl sites for hydroxylation is 3. The largest absolute Gasteiger partial charge is 0.450 e. The molecule has 1 saturated heterocycles. The van der Waals surface area contributed by atoms with Gasteiger partial charge in [-0.05, 0) is 27.2 Å². The summed E-state index contributed by atoms with van der Waals surface area (Å²) in [5.41, 5.74) is 1.03. The molecule has 6 nitrogen and oxygen atoms in total. The molecule has 1 aliphatic heterocycles. The van der Waals surface area contributed by atoms with E-state index in [9.17, 15) is 9.59 Å². The van der Waals surface area contributed by atoms with E-state index in [1.165, 1.54) is 4.88 Å². The first-order chi connectivity index (χ1) is 10.5. The summed E-state index contributed by atoms with van der Waals surface area (Å²) >= 11 is 1.66. The number of carbonyl (C=O) groups excluding carboxylic acids is 2. The predicted molar refractivity (Wildman–Crippen MR) is 85.1 cm³/mol. The number of rotatable bonds is 4. The van der Waals surface area contributed by atoms with E-state index in [4.69, 9.17) is 4.74 Å². The number of aromatic nitrogens is 1. The van der Waals surface area contributed by atoms with Crippen LogP contribution in [0.4, 0.5) is 4.79 Å². The molecule has 0 unspecified atom stereocenters.